The Bertz CT molecular complexity index is 402. The lowest BCUT2D eigenvalue weighted by Gasteiger charge is -2.22. The lowest BCUT2D eigenvalue weighted by molar-refractivity contribution is -0.124. The van der Waals surface area contributed by atoms with Gasteiger partial charge in [-0.15, -0.1) is 0 Å². The number of amides is 1. The Morgan fingerprint density at radius 1 is 1.50 bits per heavy atom. The standard InChI is InChI=1S/C12H20N4OS/c1-8(2)10(11(13)18)12(17)15-9(3)6-16-5-4-14-7-16/h4-5,7-10H,6H2,1-3H3,(H2,13,18)(H,15,17). The number of nitrogens with one attached hydrogen (secondary N) is 1. The fourth-order valence-corrected chi connectivity index (χ4v) is 2.23. The molecule has 0 saturated heterocycles. The average Bonchev–Trinajstić information content (AvgIpc) is 2.67. The number of imidazole rings is 1. The van der Waals surface area contributed by atoms with Crippen molar-refractivity contribution in [3.8, 4) is 0 Å². The first-order valence-corrected chi connectivity index (χ1v) is 6.38. The lowest BCUT2D eigenvalue weighted by Crippen LogP contribution is -2.45. The van der Waals surface area contributed by atoms with E-state index in [0.29, 0.717) is 6.54 Å². The summed E-state index contributed by atoms with van der Waals surface area (Å²) in [5.74, 6) is -0.418. The molecule has 2 atom stereocenters. The van der Waals surface area contributed by atoms with E-state index in [0.717, 1.165) is 0 Å². The van der Waals surface area contributed by atoms with Gasteiger partial charge in [-0.3, -0.25) is 4.79 Å². The summed E-state index contributed by atoms with van der Waals surface area (Å²) in [6, 6.07) is 0.00213. The zero-order chi connectivity index (χ0) is 13.7. The molecule has 0 aliphatic heterocycles. The molecule has 1 rings (SSSR count). The molecule has 0 aliphatic carbocycles. The van der Waals surface area contributed by atoms with Crippen molar-refractivity contribution in [1.82, 2.24) is 14.9 Å². The second kappa shape index (κ2) is 6.49. The van der Waals surface area contributed by atoms with Crippen molar-refractivity contribution in [3.63, 3.8) is 0 Å². The molecule has 100 valence electrons. The summed E-state index contributed by atoms with van der Waals surface area (Å²) in [6.45, 7) is 6.48. The van der Waals surface area contributed by atoms with Crippen LogP contribution in [0.4, 0.5) is 0 Å². The average molecular weight is 268 g/mol. The largest absolute Gasteiger partial charge is 0.393 e. The highest BCUT2D eigenvalue weighted by molar-refractivity contribution is 7.80. The van der Waals surface area contributed by atoms with Crippen LogP contribution in [-0.4, -0.2) is 26.5 Å². The maximum atomic E-state index is 12.1. The van der Waals surface area contributed by atoms with E-state index in [4.69, 9.17) is 18.0 Å². The summed E-state index contributed by atoms with van der Waals surface area (Å²) < 4.78 is 1.91. The van der Waals surface area contributed by atoms with Crippen LogP contribution < -0.4 is 11.1 Å². The third-order valence-corrected chi connectivity index (χ3v) is 2.94. The molecule has 0 fully saturated rings. The van der Waals surface area contributed by atoms with Gasteiger partial charge >= 0.3 is 0 Å². The molecule has 0 bridgehead atoms. The van der Waals surface area contributed by atoms with Gasteiger partial charge in [0.2, 0.25) is 5.91 Å². The third kappa shape index (κ3) is 4.10. The molecule has 0 spiro atoms. The van der Waals surface area contributed by atoms with Crippen LogP contribution in [0.3, 0.4) is 0 Å². The first kappa shape index (κ1) is 14.6. The van der Waals surface area contributed by atoms with Crippen LogP contribution in [0.5, 0.6) is 0 Å². The van der Waals surface area contributed by atoms with Crippen molar-refractivity contribution in [2.75, 3.05) is 0 Å². The SMILES string of the molecule is CC(Cn1ccnc1)NC(=O)C(C(N)=S)C(C)C. The monoisotopic (exact) mass is 268 g/mol. The molecule has 2 unspecified atom stereocenters. The van der Waals surface area contributed by atoms with Gasteiger partial charge in [-0.1, -0.05) is 26.1 Å². The van der Waals surface area contributed by atoms with Gasteiger partial charge in [-0.25, -0.2) is 4.98 Å². The Kier molecular flexibility index (Phi) is 5.27. The van der Waals surface area contributed by atoms with Crippen molar-refractivity contribution in [3.05, 3.63) is 18.7 Å². The molecule has 6 heteroatoms. The second-order valence-corrected chi connectivity index (χ2v) is 5.26. The Morgan fingerprint density at radius 2 is 2.17 bits per heavy atom. The van der Waals surface area contributed by atoms with Crippen LogP contribution in [0.2, 0.25) is 0 Å². The molecule has 1 aromatic rings. The maximum absolute atomic E-state index is 12.1. The molecule has 1 amide bonds. The second-order valence-electron chi connectivity index (χ2n) is 4.79. The predicted molar refractivity (Wildman–Crippen MR) is 74.9 cm³/mol. The van der Waals surface area contributed by atoms with Crippen LogP contribution in [0, 0.1) is 11.8 Å². The fraction of sp³-hybridized carbons (Fsp3) is 0.583. The maximum Gasteiger partial charge on any atom is 0.230 e. The highest BCUT2D eigenvalue weighted by Gasteiger charge is 2.25. The molecule has 3 N–H and O–H groups in total. The van der Waals surface area contributed by atoms with Gasteiger partial charge in [-0.05, 0) is 12.8 Å². The smallest absolute Gasteiger partial charge is 0.230 e. The van der Waals surface area contributed by atoms with E-state index >= 15 is 0 Å². The highest BCUT2D eigenvalue weighted by Crippen LogP contribution is 2.11. The molecule has 5 nitrogen and oxygen atoms in total. The van der Waals surface area contributed by atoms with Crippen LogP contribution in [0.25, 0.3) is 0 Å². The number of thiocarbonyl (C=S) groups is 1. The van der Waals surface area contributed by atoms with E-state index in [1.54, 1.807) is 12.5 Å². The Labute approximate surface area is 113 Å². The van der Waals surface area contributed by atoms with Gasteiger partial charge in [0.15, 0.2) is 0 Å². The summed E-state index contributed by atoms with van der Waals surface area (Å²) in [6.07, 6.45) is 5.28. The van der Waals surface area contributed by atoms with E-state index in [2.05, 4.69) is 10.3 Å². The number of rotatable bonds is 6. The molecular formula is C12H20N4OS. The number of hydrogen-bond acceptors (Lipinski definition) is 3. The summed E-state index contributed by atoms with van der Waals surface area (Å²) in [4.78, 5) is 16.3. The predicted octanol–water partition coefficient (Wildman–Crippen LogP) is 0.946. The van der Waals surface area contributed by atoms with E-state index in [9.17, 15) is 4.79 Å². The van der Waals surface area contributed by atoms with Crippen molar-refractivity contribution in [2.45, 2.75) is 33.4 Å². The summed E-state index contributed by atoms with van der Waals surface area (Å²) in [5, 5.41) is 2.93. The van der Waals surface area contributed by atoms with Crippen molar-refractivity contribution < 1.29 is 4.79 Å². The molecule has 1 aromatic heterocycles. The molecule has 0 saturated carbocycles. The van der Waals surface area contributed by atoms with Gasteiger partial charge < -0.3 is 15.6 Å². The molecule has 0 aliphatic rings. The normalized spacial score (nSPS) is 14.2. The minimum atomic E-state index is -0.412. The van der Waals surface area contributed by atoms with Gasteiger partial charge in [-0.2, -0.15) is 0 Å². The minimum absolute atomic E-state index is 0.00213. The number of hydrogen-bond donors (Lipinski definition) is 2. The zero-order valence-corrected chi connectivity index (χ0v) is 11.8. The molecule has 1 heterocycles. The first-order valence-electron chi connectivity index (χ1n) is 5.97. The first-order chi connectivity index (χ1) is 8.41. The Hall–Kier alpha value is -1.43. The number of nitrogens with zero attached hydrogens (tertiary/aromatic N) is 2. The minimum Gasteiger partial charge on any atom is -0.393 e. The number of aromatic nitrogens is 2. The Morgan fingerprint density at radius 3 is 2.61 bits per heavy atom. The van der Waals surface area contributed by atoms with Crippen molar-refractivity contribution in [1.29, 1.82) is 0 Å². The number of nitrogens with two attached hydrogens (primary N) is 1. The van der Waals surface area contributed by atoms with E-state index < -0.39 is 5.92 Å². The molecule has 0 radical (unpaired) electrons. The molecule has 0 aromatic carbocycles. The quantitative estimate of drug-likeness (QED) is 0.753. The highest BCUT2D eigenvalue weighted by atomic mass is 32.1. The summed E-state index contributed by atoms with van der Waals surface area (Å²) in [5.41, 5.74) is 5.61. The lowest BCUT2D eigenvalue weighted by atomic mass is 9.94. The van der Waals surface area contributed by atoms with E-state index in [-0.39, 0.29) is 22.9 Å². The van der Waals surface area contributed by atoms with E-state index in [1.165, 1.54) is 0 Å². The van der Waals surface area contributed by atoms with Crippen LogP contribution in [0.15, 0.2) is 18.7 Å². The number of carbonyl (C=O) groups is 1. The van der Waals surface area contributed by atoms with Crippen LogP contribution in [0.1, 0.15) is 20.8 Å². The van der Waals surface area contributed by atoms with Crippen LogP contribution in [-0.2, 0) is 11.3 Å². The Balaban J connectivity index is 2.55. The van der Waals surface area contributed by atoms with Crippen LogP contribution >= 0.6 is 12.2 Å². The van der Waals surface area contributed by atoms with Gasteiger partial charge in [0.25, 0.3) is 0 Å². The summed E-state index contributed by atoms with van der Waals surface area (Å²) >= 11 is 4.94. The third-order valence-electron chi connectivity index (χ3n) is 2.69. The summed E-state index contributed by atoms with van der Waals surface area (Å²) in [7, 11) is 0. The van der Waals surface area contributed by atoms with Gasteiger partial charge in [0.1, 0.15) is 0 Å². The van der Waals surface area contributed by atoms with Crippen molar-refractivity contribution in [2.24, 2.45) is 17.6 Å². The van der Waals surface area contributed by atoms with Crippen molar-refractivity contribution >= 4 is 23.1 Å². The van der Waals surface area contributed by atoms with Gasteiger partial charge in [0, 0.05) is 25.0 Å². The fourth-order valence-electron chi connectivity index (χ4n) is 1.85. The zero-order valence-electron chi connectivity index (χ0n) is 11.0. The van der Waals surface area contributed by atoms with Gasteiger partial charge in [0.05, 0.1) is 17.2 Å². The van der Waals surface area contributed by atoms with E-state index in [1.807, 2.05) is 31.5 Å². The topological polar surface area (TPSA) is 72.9 Å². The number of carbonyl (C=O) groups excluding carboxylic acids is 1. The molecular weight excluding hydrogens is 248 g/mol. The molecule has 18 heavy (non-hydrogen) atoms.